The highest BCUT2D eigenvalue weighted by atomic mass is 16.5. The molecule has 2 heterocycles. The molecule has 0 atom stereocenters. The molecule has 2 aromatic heterocycles. The lowest BCUT2D eigenvalue weighted by atomic mass is 10.2. The first-order chi connectivity index (χ1) is 11.7. The minimum Gasteiger partial charge on any atom is -0.496 e. The highest BCUT2D eigenvalue weighted by molar-refractivity contribution is 5.89. The molecule has 0 aliphatic heterocycles. The largest absolute Gasteiger partial charge is 0.496 e. The summed E-state index contributed by atoms with van der Waals surface area (Å²) in [6.45, 7) is 0.273. The van der Waals surface area contributed by atoms with Crippen LogP contribution in [0.25, 0.3) is 5.65 Å². The lowest BCUT2D eigenvalue weighted by Crippen LogP contribution is -2.13. The van der Waals surface area contributed by atoms with Crippen LogP contribution in [0, 0.1) is 0 Å². The number of nitrogens with zero attached hydrogens (tertiary/aromatic N) is 3. The van der Waals surface area contributed by atoms with Crippen LogP contribution in [0.1, 0.15) is 5.56 Å². The monoisotopic (exact) mass is 328 g/mol. The molecule has 3 rings (SSSR count). The van der Waals surface area contributed by atoms with E-state index >= 15 is 0 Å². The average Bonchev–Trinajstić information content (AvgIpc) is 3.09. The van der Waals surface area contributed by atoms with Gasteiger partial charge < -0.3 is 14.2 Å². The van der Waals surface area contributed by atoms with Crippen LogP contribution in [0.15, 0.2) is 42.7 Å². The van der Waals surface area contributed by atoms with Crippen LogP contribution < -0.4 is 14.8 Å². The second-order valence-corrected chi connectivity index (χ2v) is 4.81. The van der Waals surface area contributed by atoms with Crippen LogP contribution in [-0.2, 0) is 11.3 Å². The summed E-state index contributed by atoms with van der Waals surface area (Å²) in [6.07, 6.45) is 2.64. The van der Waals surface area contributed by atoms with Gasteiger partial charge in [0, 0.05) is 24.0 Å². The fraction of sp³-hybridized carbons (Fsp3) is 0.188. The normalized spacial score (nSPS) is 10.4. The number of imidazole rings is 1. The minimum atomic E-state index is -0.596. The Hall–Kier alpha value is -3.29. The van der Waals surface area contributed by atoms with E-state index in [9.17, 15) is 4.79 Å². The maximum absolute atomic E-state index is 11.5. The molecule has 1 amide bonds. The van der Waals surface area contributed by atoms with Crippen LogP contribution in [0.4, 0.5) is 10.5 Å². The predicted molar refractivity (Wildman–Crippen MR) is 86.3 cm³/mol. The molecule has 8 heteroatoms. The molecule has 3 aromatic rings. The Kier molecular flexibility index (Phi) is 4.46. The number of anilines is 1. The van der Waals surface area contributed by atoms with Gasteiger partial charge in [-0.3, -0.25) is 5.32 Å². The van der Waals surface area contributed by atoms with Crippen molar-refractivity contribution in [2.45, 2.75) is 6.61 Å². The van der Waals surface area contributed by atoms with Crippen LogP contribution in [-0.4, -0.2) is 34.9 Å². The van der Waals surface area contributed by atoms with Crippen molar-refractivity contribution in [1.82, 2.24) is 14.6 Å². The standard InChI is InChI=1S/C16H16N4O4/c1-22-13-6-4-3-5-11(13)10-24-14-9-12(18-16(21)23-2)15-17-7-8-20(15)19-14/h3-9H,10H2,1-2H3,(H,18,21). The highest BCUT2D eigenvalue weighted by Gasteiger charge is 2.12. The fourth-order valence-corrected chi connectivity index (χ4v) is 2.19. The third kappa shape index (κ3) is 3.22. The number of methoxy groups -OCH3 is 2. The number of amides is 1. The Morgan fingerprint density at radius 3 is 2.92 bits per heavy atom. The predicted octanol–water partition coefficient (Wildman–Crippen LogP) is 2.50. The molecule has 0 spiro atoms. The van der Waals surface area contributed by atoms with Gasteiger partial charge in [0.05, 0.1) is 19.9 Å². The number of hydrogen-bond acceptors (Lipinski definition) is 6. The van der Waals surface area contributed by atoms with Crippen molar-refractivity contribution in [3.05, 3.63) is 48.3 Å². The van der Waals surface area contributed by atoms with Crippen molar-refractivity contribution in [3.63, 3.8) is 0 Å². The molecule has 1 aromatic carbocycles. The number of aromatic nitrogens is 3. The quantitative estimate of drug-likeness (QED) is 0.774. The number of nitrogens with one attached hydrogen (secondary N) is 1. The molecule has 0 aliphatic rings. The zero-order valence-electron chi connectivity index (χ0n) is 13.2. The highest BCUT2D eigenvalue weighted by Crippen LogP contribution is 2.23. The van der Waals surface area contributed by atoms with E-state index in [0.717, 1.165) is 11.3 Å². The zero-order chi connectivity index (χ0) is 16.9. The van der Waals surface area contributed by atoms with Crippen molar-refractivity contribution in [3.8, 4) is 11.6 Å². The molecule has 0 radical (unpaired) electrons. The average molecular weight is 328 g/mol. The van der Waals surface area contributed by atoms with Crippen molar-refractivity contribution in [2.75, 3.05) is 19.5 Å². The van der Waals surface area contributed by atoms with E-state index in [2.05, 4.69) is 20.1 Å². The van der Waals surface area contributed by atoms with E-state index in [4.69, 9.17) is 9.47 Å². The molecule has 0 saturated heterocycles. The summed E-state index contributed by atoms with van der Waals surface area (Å²) in [5, 5.41) is 6.89. The molecular formula is C16H16N4O4. The molecule has 0 unspecified atom stereocenters. The number of benzene rings is 1. The van der Waals surface area contributed by atoms with Crippen molar-refractivity contribution in [1.29, 1.82) is 0 Å². The molecule has 0 bridgehead atoms. The lowest BCUT2D eigenvalue weighted by Gasteiger charge is -2.11. The Morgan fingerprint density at radius 2 is 2.12 bits per heavy atom. The second-order valence-electron chi connectivity index (χ2n) is 4.81. The summed E-state index contributed by atoms with van der Waals surface area (Å²) in [6, 6.07) is 9.14. The number of hydrogen-bond donors (Lipinski definition) is 1. The van der Waals surface area contributed by atoms with Gasteiger partial charge in [0.2, 0.25) is 5.88 Å². The van der Waals surface area contributed by atoms with Crippen molar-refractivity contribution in [2.24, 2.45) is 0 Å². The van der Waals surface area contributed by atoms with Crippen molar-refractivity contribution < 1.29 is 19.0 Å². The Morgan fingerprint density at radius 1 is 1.29 bits per heavy atom. The maximum Gasteiger partial charge on any atom is 0.411 e. The smallest absolute Gasteiger partial charge is 0.411 e. The van der Waals surface area contributed by atoms with Crippen LogP contribution in [0.2, 0.25) is 0 Å². The third-order valence-corrected chi connectivity index (χ3v) is 3.33. The molecule has 0 fully saturated rings. The number of ether oxygens (including phenoxy) is 3. The van der Waals surface area contributed by atoms with E-state index in [-0.39, 0.29) is 6.61 Å². The molecule has 1 N–H and O–H groups in total. The summed E-state index contributed by atoms with van der Waals surface area (Å²) >= 11 is 0. The van der Waals surface area contributed by atoms with Gasteiger partial charge >= 0.3 is 6.09 Å². The number of rotatable bonds is 5. The van der Waals surface area contributed by atoms with Gasteiger partial charge in [0.1, 0.15) is 12.4 Å². The van der Waals surface area contributed by atoms with E-state index in [1.807, 2.05) is 24.3 Å². The first-order valence-corrected chi connectivity index (χ1v) is 7.15. The fourth-order valence-electron chi connectivity index (χ4n) is 2.19. The number of para-hydroxylation sites is 1. The first kappa shape index (κ1) is 15.6. The SMILES string of the molecule is COC(=O)Nc1cc(OCc2ccccc2OC)nn2ccnc12. The molecular weight excluding hydrogens is 312 g/mol. The van der Waals surface area contributed by atoms with Gasteiger partial charge in [0.15, 0.2) is 5.65 Å². The summed E-state index contributed by atoms with van der Waals surface area (Å²) in [4.78, 5) is 15.6. The van der Waals surface area contributed by atoms with Crippen molar-refractivity contribution >= 4 is 17.4 Å². The van der Waals surface area contributed by atoms with Crippen LogP contribution in [0.3, 0.4) is 0 Å². The Labute approximate surface area is 138 Å². The van der Waals surface area contributed by atoms with E-state index in [0.29, 0.717) is 17.2 Å². The van der Waals surface area contributed by atoms with Gasteiger partial charge in [0.25, 0.3) is 0 Å². The topological polar surface area (TPSA) is 87.0 Å². The van der Waals surface area contributed by atoms with Crippen LogP contribution in [0.5, 0.6) is 11.6 Å². The molecule has 0 aliphatic carbocycles. The number of carbonyl (C=O) groups is 1. The summed E-state index contributed by atoms with van der Waals surface area (Å²) in [5.41, 5.74) is 1.82. The van der Waals surface area contributed by atoms with Gasteiger partial charge in [-0.2, -0.15) is 0 Å². The minimum absolute atomic E-state index is 0.273. The summed E-state index contributed by atoms with van der Waals surface area (Å²) < 4.78 is 17.2. The molecule has 8 nitrogen and oxygen atoms in total. The third-order valence-electron chi connectivity index (χ3n) is 3.33. The molecule has 24 heavy (non-hydrogen) atoms. The zero-order valence-corrected chi connectivity index (χ0v) is 13.2. The van der Waals surface area contributed by atoms with Gasteiger partial charge in [-0.25, -0.2) is 14.3 Å². The first-order valence-electron chi connectivity index (χ1n) is 7.15. The lowest BCUT2D eigenvalue weighted by molar-refractivity contribution is 0.187. The second kappa shape index (κ2) is 6.86. The Balaban J connectivity index is 1.85. The Bertz CT molecular complexity index is 862. The van der Waals surface area contributed by atoms with Gasteiger partial charge in [-0.15, -0.1) is 5.10 Å². The van der Waals surface area contributed by atoms with E-state index in [1.165, 1.54) is 11.6 Å². The van der Waals surface area contributed by atoms with Crippen LogP contribution >= 0.6 is 0 Å². The summed E-state index contributed by atoms with van der Waals surface area (Å²) in [5.74, 6) is 1.06. The number of fused-ring (bicyclic) bond motifs is 1. The molecule has 124 valence electrons. The molecule has 0 saturated carbocycles. The van der Waals surface area contributed by atoms with E-state index in [1.54, 1.807) is 25.6 Å². The summed E-state index contributed by atoms with van der Waals surface area (Å²) in [7, 11) is 2.89. The maximum atomic E-state index is 11.5. The van der Waals surface area contributed by atoms with Gasteiger partial charge in [-0.1, -0.05) is 18.2 Å². The van der Waals surface area contributed by atoms with Gasteiger partial charge in [-0.05, 0) is 6.07 Å². The van der Waals surface area contributed by atoms with E-state index < -0.39 is 6.09 Å². The number of carbonyl (C=O) groups excluding carboxylic acids is 1.